The predicted molar refractivity (Wildman–Crippen MR) is 55.6 cm³/mol. The number of rotatable bonds is 2. The number of thioether (sulfide) groups is 1. The quantitative estimate of drug-likeness (QED) is 0.812. The summed E-state index contributed by atoms with van der Waals surface area (Å²) in [7, 11) is 0. The fourth-order valence-electron chi connectivity index (χ4n) is 1.69. The first kappa shape index (κ1) is 9.52. The van der Waals surface area contributed by atoms with E-state index in [2.05, 4.69) is 4.98 Å². The van der Waals surface area contributed by atoms with Crippen LogP contribution in [0.3, 0.4) is 0 Å². The standard InChI is InChI=1S/C10H11NO2S/c12-10(13)8-6-11-4-3-7(8)9-2-1-5-14-9/h3-4,6,9H,1-2,5H2,(H,12,13). The molecular weight excluding hydrogens is 198 g/mol. The van der Waals surface area contributed by atoms with E-state index in [0.29, 0.717) is 10.8 Å². The van der Waals surface area contributed by atoms with E-state index in [1.807, 2.05) is 17.8 Å². The predicted octanol–water partition coefficient (Wildman–Crippen LogP) is 2.35. The van der Waals surface area contributed by atoms with Gasteiger partial charge in [0.05, 0.1) is 5.56 Å². The van der Waals surface area contributed by atoms with Gasteiger partial charge in [-0.3, -0.25) is 4.98 Å². The molecule has 14 heavy (non-hydrogen) atoms. The Kier molecular flexibility index (Phi) is 2.72. The van der Waals surface area contributed by atoms with Crippen molar-refractivity contribution in [2.24, 2.45) is 0 Å². The van der Waals surface area contributed by atoms with Crippen molar-refractivity contribution < 1.29 is 9.90 Å². The number of carboxylic acids is 1. The Morgan fingerprint density at radius 2 is 2.50 bits per heavy atom. The highest BCUT2D eigenvalue weighted by atomic mass is 32.2. The summed E-state index contributed by atoms with van der Waals surface area (Å²) in [6.07, 6.45) is 5.36. The molecule has 1 aliphatic heterocycles. The minimum absolute atomic E-state index is 0.351. The minimum Gasteiger partial charge on any atom is -0.478 e. The number of carbonyl (C=O) groups is 1. The minimum atomic E-state index is -0.874. The number of aromatic carboxylic acids is 1. The van der Waals surface area contributed by atoms with Crippen molar-refractivity contribution in [2.75, 3.05) is 5.75 Å². The van der Waals surface area contributed by atoms with E-state index >= 15 is 0 Å². The normalized spacial score (nSPS) is 21.0. The molecule has 3 nitrogen and oxygen atoms in total. The summed E-state index contributed by atoms with van der Waals surface area (Å²) in [4.78, 5) is 14.8. The molecule has 1 atom stereocenters. The summed E-state index contributed by atoms with van der Waals surface area (Å²) in [5.41, 5.74) is 1.28. The molecule has 1 fully saturated rings. The van der Waals surface area contributed by atoms with Gasteiger partial charge in [-0.1, -0.05) is 0 Å². The molecule has 74 valence electrons. The van der Waals surface area contributed by atoms with E-state index in [1.165, 1.54) is 12.6 Å². The summed E-state index contributed by atoms with van der Waals surface area (Å²) >= 11 is 1.84. The lowest BCUT2D eigenvalue weighted by Gasteiger charge is -2.10. The van der Waals surface area contributed by atoms with Crippen molar-refractivity contribution in [3.8, 4) is 0 Å². The summed E-state index contributed by atoms with van der Waals surface area (Å²) in [6, 6.07) is 1.83. The second-order valence-corrected chi connectivity index (χ2v) is 4.58. The van der Waals surface area contributed by atoms with E-state index in [0.717, 1.165) is 17.7 Å². The molecule has 1 aromatic rings. The van der Waals surface area contributed by atoms with Gasteiger partial charge in [0, 0.05) is 17.6 Å². The second kappa shape index (κ2) is 4.00. The van der Waals surface area contributed by atoms with Gasteiger partial charge in [-0.25, -0.2) is 4.79 Å². The second-order valence-electron chi connectivity index (χ2n) is 3.27. The van der Waals surface area contributed by atoms with Gasteiger partial charge < -0.3 is 5.11 Å². The Morgan fingerprint density at radius 1 is 1.64 bits per heavy atom. The van der Waals surface area contributed by atoms with Gasteiger partial charge in [0.25, 0.3) is 0 Å². The molecule has 0 saturated carbocycles. The Balaban J connectivity index is 2.35. The lowest BCUT2D eigenvalue weighted by Crippen LogP contribution is -2.04. The first-order valence-electron chi connectivity index (χ1n) is 4.58. The molecule has 1 unspecified atom stereocenters. The molecule has 0 bridgehead atoms. The zero-order chi connectivity index (χ0) is 9.97. The molecule has 0 spiro atoms. The average Bonchev–Trinajstić information content (AvgIpc) is 2.70. The van der Waals surface area contributed by atoms with Crippen LogP contribution in [0, 0.1) is 0 Å². The van der Waals surface area contributed by atoms with Crippen LogP contribution in [0.5, 0.6) is 0 Å². The number of hydrogen-bond donors (Lipinski definition) is 1. The molecule has 0 amide bonds. The molecular formula is C10H11NO2S. The SMILES string of the molecule is O=C(O)c1cnccc1C1CCCS1. The number of nitrogens with zero attached hydrogens (tertiary/aromatic N) is 1. The third-order valence-corrected chi connectivity index (χ3v) is 3.78. The van der Waals surface area contributed by atoms with E-state index in [4.69, 9.17) is 5.11 Å². The van der Waals surface area contributed by atoms with Gasteiger partial charge in [0.15, 0.2) is 0 Å². The molecule has 1 aromatic heterocycles. The van der Waals surface area contributed by atoms with Gasteiger partial charge in [-0.05, 0) is 30.2 Å². The summed E-state index contributed by atoms with van der Waals surface area (Å²) in [5.74, 6) is 0.257. The van der Waals surface area contributed by atoms with Crippen LogP contribution in [0.1, 0.15) is 34.0 Å². The molecule has 2 heterocycles. The maximum Gasteiger partial charge on any atom is 0.337 e. The van der Waals surface area contributed by atoms with E-state index in [9.17, 15) is 4.79 Å². The fourth-order valence-corrected chi connectivity index (χ4v) is 3.02. The molecule has 2 rings (SSSR count). The highest BCUT2D eigenvalue weighted by Crippen LogP contribution is 2.40. The van der Waals surface area contributed by atoms with E-state index in [1.54, 1.807) is 6.20 Å². The average molecular weight is 209 g/mol. The van der Waals surface area contributed by atoms with Crippen LogP contribution >= 0.6 is 11.8 Å². The third-order valence-electron chi connectivity index (χ3n) is 2.36. The Bertz CT molecular complexity index is 348. The zero-order valence-electron chi connectivity index (χ0n) is 7.64. The van der Waals surface area contributed by atoms with Crippen molar-refractivity contribution in [3.05, 3.63) is 29.6 Å². The lowest BCUT2D eigenvalue weighted by molar-refractivity contribution is 0.0695. The maximum absolute atomic E-state index is 10.9. The molecule has 0 aliphatic carbocycles. The van der Waals surface area contributed by atoms with Gasteiger partial charge in [-0.15, -0.1) is 0 Å². The van der Waals surface area contributed by atoms with Gasteiger partial charge in [0.1, 0.15) is 0 Å². The highest BCUT2D eigenvalue weighted by Gasteiger charge is 2.22. The topological polar surface area (TPSA) is 50.2 Å². The smallest absolute Gasteiger partial charge is 0.337 e. The molecule has 1 aliphatic rings. The lowest BCUT2D eigenvalue weighted by atomic mass is 10.0. The molecule has 1 N–H and O–H groups in total. The summed E-state index contributed by atoms with van der Waals surface area (Å²) in [6.45, 7) is 0. The van der Waals surface area contributed by atoms with Crippen LogP contribution < -0.4 is 0 Å². The largest absolute Gasteiger partial charge is 0.478 e. The number of hydrogen-bond acceptors (Lipinski definition) is 3. The van der Waals surface area contributed by atoms with Crippen molar-refractivity contribution in [1.82, 2.24) is 4.98 Å². The van der Waals surface area contributed by atoms with Crippen LogP contribution in [0.4, 0.5) is 0 Å². The highest BCUT2D eigenvalue weighted by molar-refractivity contribution is 7.99. The molecule has 1 saturated heterocycles. The Hall–Kier alpha value is -1.03. The van der Waals surface area contributed by atoms with E-state index < -0.39 is 5.97 Å². The van der Waals surface area contributed by atoms with Crippen LogP contribution in [-0.2, 0) is 0 Å². The van der Waals surface area contributed by atoms with Crippen LogP contribution in [0.25, 0.3) is 0 Å². The van der Waals surface area contributed by atoms with Crippen molar-refractivity contribution in [1.29, 1.82) is 0 Å². The van der Waals surface area contributed by atoms with Gasteiger partial charge >= 0.3 is 5.97 Å². The van der Waals surface area contributed by atoms with Crippen molar-refractivity contribution >= 4 is 17.7 Å². The van der Waals surface area contributed by atoms with E-state index in [-0.39, 0.29) is 0 Å². The van der Waals surface area contributed by atoms with Crippen LogP contribution in [-0.4, -0.2) is 21.8 Å². The summed E-state index contributed by atoms with van der Waals surface area (Å²) < 4.78 is 0. The summed E-state index contributed by atoms with van der Waals surface area (Å²) in [5, 5.41) is 9.33. The molecule has 0 aromatic carbocycles. The zero-order valence-corrected chi connectivity index (χ0v) is 8.46. The monoisotopic (exact) mass is 209 g/mol. The van der Waals surface area contributed by atoms with Gasteiger partial charge in [-0.2, -0.15) is 11.8 Å². The maximum atomic E-state index is 10.9. The van der Waals surface area contributed by atoms with Gasteiger partial charge in [0.2, 0.25) is 0 Å². The first-order chi connectivity index (χ1) is 6.79. The van der Waals surface area contributed by atoms with Crippen molar-refractivity contribution in [2.45, 2.75) is 18.1 Å². The molecule has 0 radical (unpaired) electrons. The van der Waals surface area contributed by atoms with Crippen LogP contribution in [0.2, 0.25) is 0 Å². The first-order valence-corrected chi connectivity index (χ1v) is 5.62. The third kappa shape index (κ3) is 1.75. The fraction of sp³-hybridized carbons (Fsp3) is 0.400. The Morgan fingerprint density at radius 3 is 3.14 bits per heavy atom. The molecule has 4 heteroatoms. The van der Waals surface area contributed by atoms with Crippen molar-refractivity contribution in [3.63, 3.8) is 0 Å². The number of aromatic nitrogens is 1. The number of carboxylic acid groups (broad SMARTS) is 1. The van der Waals surface area contributed by atoms with Crippen LogP contribution in [0.15, 0.2) is 18.5 Å². The Labute approximate surface area is 86.5 Å². The number of pyridine rings is 1.